The summed E-state index contributed by atoms with van der Waals surface area (Å²) in [7, 11) is 1.35. The lowest BCUT2D eigenvalue weighted by molar-refractivity contribution is 0.0600. The molecule has 0 unspecified atom stereocenters. The molecule has 4 heteroatoms. The van der Waals surface area contributed by atoms with Crippen LogP contribution < -0.4 is 5.32 Å². The number of methoxy groups -OCH3 is 1. The molecule has 0 aliphatic heterocycles. The number of nitrogens with one attached hydrogen (secondary N) is 1. The normalized spacial score (nSPS) is 24.3. The minimum absolute atomic E-state index is 0.0637. The summed E-state index contributed by atoms with van der Waals surface area (Å²) in [4.78, 5) is 24.0. The van der Waals surface area contributed by atoms with E-state index in [1.807, 2.05) is 0 Å². The number of amides is 1. The van der Waals surface area contributed by atoms with Gasteiger partial charge in [-0.1, -0.05) is 27.2 Å². The quantitative estimate of drug-likeness (QED) is 0.862. The van der Waals surface area contributed by atoms with E-state index >= 15 is 0 Å². The largest absolute Gasteiger partial charge is 0.465 e. The van der Waals surface area contributed by atoms with Crippen molar-refractivity contribution in [1.82, 2.24) is 5.32 Å². The standard InChI is InChI=1S/C19H27NO3/c1-12(2)16-10-5-13(3)11-17(16)20-18(21)14-6-8-15(9-7-14)19(22)23-4/h6-9,12-13,16-17H,5,10-11H2,1-4H3,(H,20,21)/t13-,16+,17-/m0/s1. The lowest BCUT2D eigenvalue weighted by Gasteiger charge is -2.37. The van der Waals surface area contributed by atoms with Crippen molar-refractivity contribution in [3.05, 3.63) is 35.4 Å². The number of rotatable bonds is 4. The highest BCUT2D eigenvalue weighted by Gasteiger charge is 2.31. The van der Waals surface area contributed by atoms with Gasteiger partial charge < -0.3 is 10.1 Å². The molecule has 3 atom stereocenters. The van der Waals surface area contributed by atoms with Crippen molar-refractivity contribution in [2.75, 3.05) is 7.11 Å². The van der Waals surface area contributed by atoms with Crippen molar-refractivity contribution >= 4 is 11.9 Å². The molecule has 0 heterocycles. The smallest absolute Gasteiger partial charge is 0.337 e. The first-order chi connectivity index (χ1) is 10.9. The van der Waals surface area contributed by atoms with Gasteiger partial charge in [0.1, 0.15) is 0 Å². The zero-order chi connectivity index (χ0) is 17.0. The van der Waals surface area contributed by atoms with Crippen LogP contribution in [0.5, 0.6) is 0 Å². The van der Waals surface area contributed by atoms with Crippen LogP contribution in [0.25, 0.3) is 0 Å². The van der Waals surface area contributed by atoms with Crippen LogP contribution in [0, 0.1) is 17.8 Å². The summed E-state index contributed by atoms with van der Waals surface area (Å²) >= 11 is 0. The van der Waals surface area contributed by atoms with Crippen molar-refractivity contribution in [3.8, 4) is 0 Å². The van der Waals surface area contributed by atoms with Crippen LogP contribution in [-0.4, -0.2) is 25.0 Å². The minimum atomic E-state index is -0.391. The minimum Gasteiger partial charge on any atom is -0.465 e. The first-order valence-corrected chi connectivity index (χ1v) is 8.41. The van der Waals surface area contributed by atoms with Crippen molar-refractivity contribution in [2.45, 2.75) is 46.1 Å². The fourth-order valence-corrected chi connectivity index (χ4v) is 3.50. The number of esters is 1. The zero-order valence-corrected chi connectivity index (χ0v) is 14.5. The molecule has 1 amide bonds. The second-order valence-electron chi connectivity index (χ2n) is 6.97. The number of hydrogen-bond donors (Lipinski definition) is 1. The fourth-order valence-electron chi connectivity index (χ4n) is 3.50. The number of benzene rings is 1. The van der Waals surface area contributed by atoms with E-state index < -0.39 is 5.97 Å². The van der Waals surface area contributed by atoms with Crippen LogP contribution >= 0.6 is 0 Å². The molecule has 0 bridgehead atoms. The molecule has 126 valence electrons. The molecule has 1 aromatic rings. The van der Waals surface area contributed by atoms with Gasteiger partial charge >= 0.3 is 5.97 Å². The van der Waals surface area contributed by atoms with Crippen LogP contribution in [0.15, 0.2) is 24.3 Å². The molecule has 0 radical (unpaired) electrons. The van der Waals surface area contributed by atoms with Gasteiger partial charge in [-0.05, 0) is 54.9 Å². The topological polar surface area (TPSA) is 55.4 Å². The molecule has 1 aromatic carbocycles. The Morgan fingerprint density at radius 2 is 1.74 bits per heavy atom. The second kappa shape index (κ2) is 7.62. The average molecular weight is 317 g/mol. The summed E-state index contributed by atoms with van der Waals surface area (Å²) in [5.74, 6) is 1.29. The summed E-state index contributed by atoms with van der Waals surface area (Å²) in [5.41, 5.74) is 1.04. The van der Waals surface area contributed by atoms with Crippen LogP contribution in [0.3, 0.4) is 0 Å². The molecule has 1 aliphatic rings. The maximum atomic E-state index is 12.5. The molecule has 1 saturated carbocycles. The van der Waals surface area contributed by atoms with Gasteiger partial charge in [-0.3, -0.25) is 4.79 Å². The third kappa shape index (κ3) is 4.34. The fraction of sp³-hybridized carbons (Fsp3) is 0.579. The molecular weight excluding hydrogens is 290 g/mol. The zero-order valence-electron chi connectivity index (χ0n) is 14.5. The highest BCUT2D eigenvalue weighted by atomic mass is 16.5. The lowest BCUT2D eigenvalue weighted by atomic mass is 9.74. The maximum Gasteiger partial charge on any atom is 0.337 e. The highest BCUT2D eigenvalue weighted by Crippen LogP contribution is 2.33. The first kappa shape index (κ1) is 17.5. The molecule has 23 heavy (non-hydrogen) atoms. The molecule has 0 aromatic heterocycles. The Bertz CT molecular complexity index is 550. The van der Waals surface area contributed by atoms with Gasteiger partial charge in [0, 0.05) is 11.6 Å². The monoisotopic (exact) mass is 317 g/mol. The third-order valence-electron chi connectivity index (χ3n) is 4.91. The Hall–Kier alpha value is -1.84. The van der Waals surface area contributed by atoms with Crippen molar-refractivity contribution in [1.29, 1.82) is 0 Å². The van der Waals surface area contributed by atoms with Crippen LogP contribution in [0.2, 0.25) is 0 Å². The van der Waals surface area contributed by atoms with Gasteiger partial charge in [-0.25, -0.2) is 4.79 Å². The van der Waals surface area contributed by atoms with Crippen LogP contribution in [-0.2, 0) is 4.74 Å². The highest BCUT2D eigenvalue weighted by molar-refractivity contribution is 5.96. The summed E-state index contributed by atoms with van der Waals surface area (Å²) in [5, 5.41) is 3.20. The van der Waals surface area contributed by atoms with E-state index in [0.29, 0.717) is 28.9 Å². The van der Waals surface area contributed by atoms with Gasteiger partial charge in [0.15, 0.2) is 0 Å². The van der Waals surface area contributed by atoms with Gasteiger partial charge in [0.05, 0.1) is 12.7 Å². The lowest BCUT2D eigenvalue weighted by Crippen LogP contribution is -2.45. The Balaban J connectivity index is 2.06. The van der Waals surface area contributed by atoms with Gasteiger partial charge in [0.25, 0.3) is 5.91 Å². The Kier molecular flexibility index (Phi) is 5.80. The third-order valence-corrected chi connectivity index (χ3v) is 4.91. The summed E-state index contributed by atoms with van der Waals surface area (Å²) in [6.07, 6.45) is 3.45. The van der Waals surface area contributed by atoms with E-state index in [1.165, 1.54) is 20.0 Å². The molecule has 1 N–H and O–H groups in total. The SMILES string of the molecule is COC(=O)c1ccc(C(=O)N[C@H]2C[C@@H](C)CC[C@@H]2C(C)C)cc1. The van der Waals surface area contributed by atoms with Crippen molar-refractivity contribution in [2.24, 2.45) is 17.8 Å². The number of carbonyl (C=O) groups is 2. The second-order valence-corrected chi connectivity index (χ2v) is 6.97. The van der Waals surface area contributed by atoms with Gasteiger partial charge in [-0.15, -0.1) is 0 Å². The molecular formula is C19H27NO3. The Morgan fingerprint density at radius 3 is 2.30 bits per heavy atom. The number of carbonyl (C=O) groups excluding carboxylic acids is 2. The molecule has 1 aliphatic carbocycles. The Morgan fingerprint density at radius 1 is 1.13 bits per heavy atom. The maximum absolute atomic E-state index is 12.5. The van der Waals surface area contributed by atoms with Crippen LogP contribution in [0.4, 0.5) is 0 Å². The number of hydrogen-bond acceptors (Lipinski definition) is 3. The first-order valence-electron chi connectivity index (χ1n) is 8.41. The molecule has 0 saturated heterocycles. The van der Waals surface area contributed by atoms with E-state index in [0.717, 1.165) is 6.42 Å². The molecule has 1 fully saturated rings. The van der Waals surface area contributed by atoms with E-state index in [4.69, 9.17) is 0 Å². The van der Waals surface area contributed by atoms with E-state index in [-0.39, 0.29) is 11.9 Å². The summed E-state index contributed by atoms with van der Waals surface area (Å²) < 4.78 is 4.67. The van der Waals surface area contributed by atoms with Gasteiger partial charge in [0.2, 0.25) is 0 Å². The van der Waals surface area contributed by atoms with E-state index in [2.05, 4.69) is 30.8 Å². The van der Waals surface area contributed by atoms with Gasteiger partial charge in [-0.2, -0.15) is 0 Å². The number of ether oxygens (including phenoxy) is 1. The van der Waals surface area contributed by atoms with E-state index in [9.17, 15) is 9.59 Å². The predicted molar refractivity (Wildman–Crippen MR) is 90.4 cm³/mol. The van der Waals surface area contributed by atoms with Crippen molar-refractivity contribution < 1.29 is 14.3 Å². The van der Waals surface area contributed by atoms with E-state index in [1.54, 1.807) is 24.3 Å². The Labute approximate surface area is 138 Å². The molecule has 4 nitrogen and oxygen atoms in total. The summed E-state index contributed by atoms with van der Waals surface area (Å²) in [6.45, 7) is 6.71. The molecule has 2 rings (SSSR count). The predicted octanol–water partition coefficient (Wildman–Crippen LogP) is 3.66. The molecule has 0 spiro atoms. The van der Waals surface area contributed by atoms with Crippen LogP contribution in [0.1, 0.15) is 60.7 Å². The van der Waals surface area contributed by atoms with Crippen molar-refractivity contribution in [3.63, 3.8) is 0 Å². The average Bonchev–Trinajstić information content (AvgIpc) is 2.54. The summed E-state index contributed by atoms with van der Waals surface area (Å²) in [6, 6.07) is 6.84.